The van der Waals surface area contributed by atoms with Gasteiger partial charge in [-0.1, -0.05) is 39.8 Å². The van der Waals surface area contributed by atoms with Crippen molar-refractivity contribution in [3.63, 3.8) is 0 Å². The summed E-state index contributed by atoms with van der Waals surface area (Å²) in [4.78, 5) is 1.25. The van der Waals surface area contributed by atoms with Crippen LogP contribution in [-0.4, -0.2) is 17.8 Å². The molecule has 0 radical (unpaired) electrons. The third-order valence-electron chi connectivity index (χ3n) is 5.24. The standard InChI is InChI=1S/C20H21F2NS.2C2H6/c21-16-3-6-18(19(22)13-16)14-1-4-17(5-2-14)24-20(9-10-20)15-7-11-23-12-8-15;2*1-2/h1-6,13,15,23H,7-12H2;2*1-2H3. The van der Waals surface area contributed by atoms with Crippen LogP contribution in [0.4, 0.5) is 8.78 Å². The lowest BCUT2D eigenvalue weighted by molar-refractivity contribution is 0.356. The maximum atomic E-state index is 13.9. The Balaban J connectivity index is 0.000000660. The monoisotopic (exact) mass is 405 g/mol. The summed E-state index contributed by atoms with van der Waals surface area (Å²) in [5.74, 6) is -0.247. The molecule has 0 amide bonds. The van der Waals surface area contributed by atoms with E-state index in [0.717, 1.165) is 30.6 Å². The molecule has 0 spiro atoms. The van der Waals surface area contributed by atoms with Crippen LogP contribution < -0.4 is 5.32 Å². The highest BCUT2D eigenvalue weighted by atomic mass is 32.2. The molecular weight excluding hydrogens is 372 g/mol. The summed E-state index contributed by atoms with van der Waals surface area (Å²) in [5, 5.41) is 3.44. The zero-order valence-electron chi connectivity index (χ0n) is 17.5. The average Bonchev–Trinajstić information content (AvgIpc) is 3.53. The summed E-state index contributed by atoms with van der Waals surface area (Å²) in [5.41, 5.74) is 1.25. The van der Waals surface area contributed by atoms with Crippen LogP contribution in [0.1, 0.15) is 53.4 Å². The maximum Gasteiger partial charge on any atom is 0.133 e. The van der Waals surface area contributed by atoms with E-state index in [2.05, 4.69) is 17.4 Å². The van der Waals surface area contributed by atoms with Gasteiger partial charge in [0.15, 0.2) is 0 Å². The number of halogens is 2. The highest BCUT2D eigenvalue weighted by Crippen LogP contribution is 2.58. The number of thioether (sulfide) groups is 1. The van der Waals surface area contributed by atoms with Crippen LogP contribution in [0.3, 0.4) is 0 Å². The molecule has 154 valence electrons. The van der Waals surface area contributed by atoms with Crippen molar-refractivity contribution < 1.29 is 8.78 Å². The molecule has 1 N–H and O–H groups in total. The van der Waals surface area contributed by atoms with E-state index in [4.69, 9.17) is 0 Å². The van der Waals surface area contributed by atoms with E-state index in [1.165, 1.54) is 42.7 Å². The fraction of sp³-hybridized carbons (Fsp3) is 0.500. The second-order valence-electron chi connectivity index (χ2n) is 6.84. The molecule has 0 aromatic heterocycles. The minimum Gasteiger partial charge on any atom is -0.317 e. The Bertz CT molecular complexity index is 720. The molecule has 0 bridgehead atoms. The summed E-state index contributed by atoms with van der Waals surface area (Å²) >= 11 is 1.99. The van der Waals surface area contributed by atoms with Crippen LogP contribution in [0.15, 0.2) is 47.4 Å². The molecule has 28 heavy (non-hydrogen) atoms. The SMILES string of the molecule is CC.CC.Fc1ccc(-c2ccc(SC3(C4CCNCC4)CC3)cc2)c(F)c1. The van der Waals surface area contributed by atoms with Gasteiger partial charge in [-0.25, -0.2) is 8.78 Å². The quantitative estimate of drug-likeness (QED) is 0.572. The van der Waals surface area contributed by atoms with Crippen molar-refractivity contribution in [1.29, 1.82) is 0 Å². The van der Waals surface area contributed by atoms with Crippen molar-refractivity contribution in [3.05, 3.63) is 54.1 Å². The van der Waals surface area contributed by atoms with Crippen molar-refractivity contribution in [1.82, 2.24) is 5.32 Å². The van der Waals surface area contributed by atoms with Crippen molar-refractivity contribution >= 4 is 11.8 Å². The fourth-order valence-electron chi connectivity index (χ4n) is 3.73. The van der Waals surface area contributed by atoms with Crippen molar-refractivity contribution in [2.45, 2.75) is 63.0 Å². The lowest BCUT2D eigenvalue weighted by Crippen LogP contribution is -2.33. The molecular formula is C24H33F2NS. The van der Waals surface area contributed by atoms with E-state index in [1.807, 2.05) is 51.6 Å². The first-order valence-corrected chi connectivity index (χ1v) is 11.4. The first kappa shape index (κ1) is 22.9. The van der Waals surface area contributed by atoms with Gasteiger partial charge in [-0.2, -0.15) is 0 Å². The lowest BCUT2D eigenvalue weighted by atomic mass is 9.93. The molecule has 1 aliphatic heterocycles. The van der Waals surface area contributed by atoms with E-state index in [0.29, 0.717) is 10.3 Å². The molecule has 2 aliphatic rings. The molecule has 1 heterocycles. The zero-order chi connectivity index (χ0) is 20.6. The van der Waals surface area contributed by atoms with E-state index in [1.54, 1.807) is 0 Å². The Labute approximate surface area is 173 Å². The molecule has 4 rings (SSSR count). The Morgan fingerprint density at radius 1 is 0.893 bits per heavy atom. The number of hydrogen-bond acceptors (Lipinski definition) is 2. The molecule has 1 saturated heterocycles. The van der Waals surface area contributed by atoms with Crippen LogP contribution >= 0.6 is 11.8 Å². The second-order valence-corrected chi connectivity index (χ2v) is 8.33. The summed E-state index contributed by atoms with van der Waals surface area (Å²) in [6.07, 6.45) is 5.14. The number of benzene rings is 2. The molecule has 2 aromatic rings. The van der Waals surface area contributed by atoms with Gasteiger partial charge in [-0.15, -0.1) is 11.8 Å². The van der Waals surface area contributed by atoms with Gasteiger partial charge in [0, 0.05) is 21.3 Å². The number of rotatable bonds is 4. The normalized spacial score (nSPS) is 17.6. The van der Waals surface area contributed by atoms with E-state index >= 15 is 0 Å². The van der Waals surface area contributed by atoms with E-state index in [-0.39, 0.29) is 0 Å². The molecule has 0 unspecified atom stereocenters. The van der Waals surface area contributed by atoms with E-state index in [9.17, 15) is 8.78 Å². The van der Waals surface area contributed by atoms with Crippen molar-refractivity contribution in [2.75, 3.05) is 13.1 Å². The first-order valence-electron chi connectivity index (χ1n) is 10.6. The predicted molar refractivity (Wildman–Crippen MR) is 118 cm³/mol. The number of hydrogen-bond donors (Lipinski definition) is 1. The van der Waals surface area contributed by atoms with Crippen molar-refractivity contribution in [3.8, 4) is 11.1 Å². The summed E-state index contributed by atoms with van der Waals surface area (Å²) < 4.78 is 27.4. The zero-order valence-corrected chi connectivity index (χ0v) is 18.3. The Morgan fingerprint density at radius 3 is 2.04 bits per heavy atom. The van der Waals surface area contributed by atoms with Gasteiger partial charge in [0.1, 0.15) is 11.6 Å². The van der Waals surface area contributed by atoms with Gasteiger partial charge in [0.2, 0.25) is 0 Å². The highest BCUT2D eigenvalue weighted by molar-refractivity contribution is 8.01. The third-order valence-corrected chi connectivity index (χ3v) is 6.90. The second kappa shape index (κ2) is 11.0. The molecule has 2 fully saturated rings. The van der Waals surface area contributed by atoms with Gasteiger partial charge in [0.05, 0.1) is 0 Å². The van der Waals surface area contributed by atoms with Gasteiger partial charge in [0.25, 0.3) is 0 Å². The minimum absolute atomic E-state index is 0.421. The molecule has 1 nitrogen and oxygen atoms in total. The molecule has 2 aromatic carbocycles. The Hall–Kier alpha value is -1.39. The molecule has 0 atom stereocenters. The highest BCUT2D eigenvalue weighted by Gasteiger charge is 2.49. The van der Waals surface area contributed by atoms with Crippen LogP contribution in [0, 0.1) is 17.6 Å². The first-order chi connectivity index (χ1) is 13.7. The van der Waals surface area contributed by atoms with Crippen LogP contribution in [0.2, 0.25) is 0 Å². The maximum absolute atomic E-state index is 13.9. The van der Waals surface area contributed by atoms with Gasteiger partial charge in [-0.05, 0) is 74.5 Å². The Morgan fingerprint density at radius 2 is 1.50 bits per heavy atom. The third kappa shape index (κ3) is 5.57. The van der Waals surface area contributed by atoms with Crippen LogP contribution in [-0.2, 0) is 0 Å². The molecule has 1 aliphatic carbocycles. The Kier molecular flexibility index (Phi) is 8.97. The topological polar surface area (TPSA) is 12.0 Å². The molecule has 1 saturated carbocycles. The number of piperidine rings is 1. The largest absolute Gasteiger partial charge is 0.317 e. The van der Waals surface area contributed by atoms with Crippen LogP contribution in [0.25, 0.3) is 11.1 Å². The number of nitrogens with one attached hydrogen (secondary N) is 1. The van der Waals surface area contributed by atoms with Gasteiger partial charge in [-0.3, -0.25) is 0 Å². The van der Waals surface area contributed by atoms with Gasteiger partial charge < -0.3 is 5.32 Å². The van der Waals surface area contributed by atoms with Gasteiger partial charge >= 0.3 is 0 Å². The van der Waals surface area contributed by atoms with Crippen LogP contribution in [0.5, 0.6) is 0 Å². The van der Waals surface area contributed by atoms with Crippen molar-refractivity contribution in [2.24, 2.45) is 5.92 Å². The average molecular weight is 406 g/mol. The summed E-state index contributed by atoms with van der Waals surface area (Å²) in [6.45, 7) is 10.3. The fourth-order valence-corrected chi connectivity index (χ4v) is 5.18. The summed E-state index contributed by atoms with van der Waals surface area (Å²) in [6, 6.07) is 11.8. The predicted octanol–water partition coefficient (Wildman–Crippen LogP) is 7.31. The lowest BCUT2D eigenvalue weighted by Gasteiger charge is -2.30. The minimum atomic E-state index is -0.541. The summed E-state index contributed by atoms with van der Waals surface area (Å²) in [7, 11) is 0. The van der Waals surface area contributed by atoms with E-state index < -0.39 is 11.6 Å². The molecule has 4 heteroatoms. The smallest absolute Gasteiger partial charge is 0.133 e.